The number of likely N-dealkylation sites (tertiary alicyclic amines) is 1. The fraction of sp³-hybridized carbons (Fsp3) is 0.571. The molecule has 0 spiro atoms. The number of nitrogens with one attached hydrogen (secondary N) is 1. The molecular weight excluding hydrogens is 264 g/mol. The largest absolute Gasteiger partial charge is 0.493 e. The number of nitrogens with zero attached hydrogens (tertiary/aromatic N) is 1. The van der Waals surface area contributed by atoms with Gasteiger partial charge in [-0.3, -0.25) is 0 Å². The van der Waals surface area contributed by atoms with Gasteiger partial charge in [-0.25, -0.2) is 0 Å². The standard InChI is InChI=1S/C14H21ClN2O2/c1-17-6-4-5-10(9-17)16-12-8-14(19-3)13(18-2)7-11(12)15/h7-8,10,16H,4-6,9H2,1-3H3. The van der Waals surface area contributed by atoms with Gasteiger partial charge >= 0.3 is 0 Å². The van der Waals surface area contributed by atoms with E-state index in [4.69, 9.17) is 21.1 Å². The number of anilines is 1. The van der Waals surface area contributed by atoms with Crippen molar-refractivity contribution < 1.29 is 9.47 Å². The second kappa shape index (κ2) is 6.35. The van der Waals surface area contributed by atoms with Crippen LogP contribution in [0.2, 0.25) is 5.02 Å². The van der Waals surface area contributed by atoms with Crippen molar-refractivity contribution in [2.24, 2.45) is 0 Å². The van der Waals surface area contributed by atoms with Crippen molar-refractivity contribution in [3.05, 3.63) is 17.2 Å². The molecule has 1 N–H and O–H groups in total. The summed E-state index contributed by atoms with van der Waals surface area (Å²) < 4.78 is 10.5. The number of hydrogen-bond donors (Lipinski definition) is 1. The molecule has 0 radical (unpaired) electrons. The van der Waals surface area contributed by atoms with Gasteiger partial charge in [0.25, 0.3) is 0 Å². The van der Waals surface area contributed by atoms with E-state index in [2.05, 4.69) is 17.3 Å². The van der Waals surface area contributed by atoms with E-state index in [1.807, 2.05) is 6.07 Å². The molecule has 1 unspecified atom stereocenters. The molecule has 4 nitrogen and oxygen atoms in total. The highest BCUT2D eigenvalue weighted by atomic mass is 35.5. The summed E-state index contributed by atoms with van der Waals surface area (Å²) in [5.41, 5.74) is 0.902. The number of halogens is 1. The van der Waals surface area contributed by atoms with Gasteiger partial charge in [0.15, 0.2) is 11.5 Å². The molecule has 1 heterocycles. The lowest BCUT2D eigenvalue weighted by Gasteiger charge is -2.31. The number of piperidine rings is 1. The van der Waals surface area contributed by atoms with Crippen molar-refractivity contribution in [1.82, 2.24) is 4.90 Å². The van der Waals surface area contributed by atoms with Crippen molar-refractivity contribution in [1.29, 1.82) is 0 Å². The molecule has 0 aromatic heterocycles. The third-order valence-corrected chi connectivity index (χ3v) is 3.77. The Hall–Kier alpha value is -1.13. The van der Waals surface area contributed by atoms with E-state index in [0.717, 1.165) is 25.2 Å². The summed E-state index contributed by atoms with van der Waals surface area (Å²) >= 11 is 6.28. The fourth-order valence-electron chi connectivity index (χ4n) is 2.47. The van der Waals surface area contributed by atoms with Crippen LogP contribution in [0.5, 0.6) is 11.5 Å². The minimum absolute atomic E-state index is 0.425. The van der Waals surface area contributed by atoms with Crippen LogP contribution in [0, 0.1) is 0 Å². The molecule has 1 aromatic rings. The predicted molar refractivity (Wildman–Crippen MR) is 78.7 cm³/mol. The fourth-order valence-corrected chi connectivity index (χ4v) is 2.68. The van der Waals surface area contributed by atoms with Crippen LogP contribution in [-0.2, 0) is 0 Å². The second-order valence-electron chi connectivity index (χ2n) is 4.93. The zero-order chi connectivity index (χ0) is 13.8. The third-order valence-electron chi connectivity index (χ3n) is 3.46. The Kier molecular flexibility index (Phi) is 4.77. The highest BCUT2D eigenvalue weighted by molar-refractivity contribution is 6.33. The molecule has 1 atom stereocenters. The van der Waals surface area contributed by atoms with Crippen LogP contribution in [0.1, 0.15) is 12.8 Å². The van der Waals surface area contributed by atoms with Gasteiger partial charge in [-0.15, -0.1) is 0 Å². The van der Waals surface area contributed by atoms with E-state index >= 15 is 0 Å². The number of likely N-dealkylation sites (N-methyl/N-ethyl adjacent to an activating group) is 1. The first-order chi connectivity index (χ1) is 9.13. The molecule has 1 saturated heterocycles. The monoisotopic (exact) mass is 284 g/mol. The van der Waals surface area contributed by atoms with Crippen molar-refractivity contribution >= 4 is 17.3 Å². The van der Waals surface area contributed by atoms with Crippen LogP contribution in [0.15, 0.2) is 12.1 Å². The SMILES string of the molecule is COc1cc(Cl)c(NC2CCCN(C)C2)cc1OC. The van der Waals surface area contributed by atoms with E-state index in [1.165, 1.54) is 6.42 Å². The second-order valence-corrected chi connectivity index (χ2v) is 5.34. The molecule has 2 rings (SSSR count). The van der Waals surface area contributed by atoms with Gasteiger partial charge in [0.2, 0.25) is 0 Å². The highest BCUT2D eigenvalue weighted by Gasteiger charge is 2.19. The highest BCUT2D eigenvalue weighted by Crippen LogP contribution is 2.36. The Bertz CT molecular complexity index is 440. The van der Waals surface area contributed by atoms with E-state index in [0.29, 0.717) is 22.6 Å². The number of ether oxygens (including phenoxy) is 2. The number of benzene rings is 1. The minimum Gasteiger partial charge on any atom is -0.493 e. The number of hydrogen-bond acceptors (Lipinski definition) is 4. The minimum atomic E-state index is 0.425. The summed E-state index contributed by atoms with van der Waals surface area (Å²) in [6.45, 7) is 2.20. The molecule has 1 aromatic carbocycles. The summed E-state index contributed by atoms with van der Waals surface area (Å²) in [5.74, 6) is 1.34. The summed E-state index contributed by atoms with van der Waals surface area (Å²) in [7, 11) is 5.38. The third kappa shape index (κ3) is 3.45. The van der Waals surface area contributed by atoms with Crippen molar-refractivity contribution in [2.45, 2.75) is 18.9 Å². The molecule has 106 valence electrons. The van der Waals surface area contributed by atoms with Crippen LogP contribution in [0.4, 0.5) is 5.69 Å². The number of methoxy groups -OCH3 is 2. The lowest BCUT2D eigenvalue weighted by Crippen LogP contribution is -2.39. The van der Waals surface area contributed by atoms with E-state index in [-0.39, 0.29) is 0 Å². The van der Waals surface area contributed by atoms with E-state index in [1.54, 1.807) is 20.3 Å². The molecular formula is C14H21ClN2O2. The topological polar surface area (TPSA) is 33.7 Å². The van der Waals surface area contributed by atoms with Crippen molar-refractivity contribution in [2.75, 3.05) is 39.7 Å². The summed E-state index contributed by atoms with van der Waals surface area (Å²) in [4.78, 5) is 2.33. The van der Waals surface area contributed by atoms with Gasteiger partial charge < -0.3 is 19.7 Å². The lowest BCUT2D eigenvalue weighted by molar-refractivity contribution is 0.261. The normalized spacial score (nSPS) is 20.1. The van der Waals surface area contributed by atoms with Crippen LogP contribution in [0.3, 0.4) is 0 Å². The first kappa shape index (κ1) is 14.3. The first-order valence-electron chi connectivity index (χ1n) is 6.50. The maximum absolute atomic E-state index is 6.28. The molecule has 1 aliphatic rings. The van der Waals surface area contributed by atoms with E-state index in [9.17, 15) is 0 Å². The molecule has 5 heteroatoms. The molecule has 0 amide bonds. The maximum Gasteiger partial charge on any atom is 0.162 e. The Morgan fingerprint density at radius 3 is 2.58 bits per heavy atom. The molecule has 0 bridgehead atoms. The van der Waals surface area contributed by atoms with Gasteiger partial charge in [0.1, 0.15) is 0 Å². The Morgan fingerprint density at radius 1 is 1.26 bits per heavy atom. The Morgan fingerprint density at radius 2 is 1.95 bits per heavy atom. The van der Waals surface area contributed by atoms with Gasteiger partial charge in [-0.05, 0) is 26.4 Å². The van der Waals surface area contributed by atoms with Gasteiger partial charge in [-0.1, -0.05) is 11.6 Å². The van der Waals surface area contributed by atoms with Gasteiger partial charge in [0, 0.05) is 24.7 Å². The Labute approximate surface area is 119 Å². The molecule has 19 heavy (non-hydrogen) atoms. The van der Waals surface area contributed by atoms with Crippen LogP contribution < -0.4 is 14.8 Å². The van der Waals surface area contributed by atoms with Crippen molar-refractivity contribution in [3.8, 4) is 11.5 Å². The quantitative estimate of drug-likeness (QED) is 0.922. The van der Waals surface area contributed by atoms with Gasteiger partial charge in [0.05, 0.1) is 24.9 Å². The zero-order valence-corrected chi connectivity index (χ0v) is 12.5. The maximum atomic E-state index is 6.28. The molecule has 0 aliphatic carbocycles. The Balaban J connectivity index is 2.15. The van der Waals surface area contributed by atoms with Crippen LogP contribution >= 0.6 is 11.6 Å². The average Bonchev–Trinajstić information content (AvgIpc) is 2.40. The van der Waals surface area contributed by atoms with Crippen LogP contribution in [0.25, 0.3) is 0 Å². The summed E-state index contributed by atoms with van der Waals surface area (Å²) in [6.07, 6.45) is 2.37. The molecule has 0 saturated carbocycles. The average molecular weight is 285 g/mol. The smallest absolute Gasteiger partial charge is 0.162 e. The first-order valence-corrected chi connectivity index (χ1v) is 6.88. The predicted octanol–water partition coefficient (Wildman–Crippen LogP) is 2.86. The summed E-state index contributed by atoms with van der Waals surface area (Å²) in [6, 6.07) is 4.11. The lowest BCUT2D eigenvalue weighted by atomic mass is 10.1. The summed E-state index contributed by atoms with van der Waals surface area (Å²) in [5, 5.41) is 4.15. The van der Waals surface area contributed by atoms with Crippen LogP contribution in [-0.4, -0.2) is 45.3 Å². The number of rotatable bonds is 4. The van der Waals surface area contributed by atoms with Gasteiger partial charge in [-0.2, -0.15) is 0 Å². The van der Waals surface area contributed by atoms with E-state index < -0.39 is 0 Å². The molecule has 1 aliphatic heterocycles. The zero-order valence-electron chi connectivity index (χ0n) is 11.7. The molecule has 1 fully saturated rings. The van der Waals surface area contributed by atoms with Crippen molar-refractivity contribution in [3.63, 3.8) is 0 Å².